The van der Waals surface area contributed by atoms with Gasteiger partial charge in [-0.05, 0) is 38.5 Å². The summed E-state index contributed by atoms with van der Waals surface area (Å²) < 4.78 is 0.897. The molecule has 1 rings (SSSR count). The molecule has 3 nitrogen and oxygen atoms in total. The summed E-state index contributed by atoms with van der Waals surface area (Å²) in [6.07, 6.45) is -0.483. The van der Waals surface area contributed by atoms with E-state index >= 15 is 0 Å². The Kier molecular flexibility index (Phi) is 5.43. The Morgan fingerprint density at radius 2 is 1.94 bits per heavy atom. The maximum Gasteiger partial charge on any atom is 0.0772 e. The van der Waals surface area contributed by atoms with Crippen LogP contribution < -0.4 is 4.90 Å². The smallest absolute Gasteiger partial charge is 0.0772 e. The van der Waals surface area contributed by atoms with Crippen LogP contribution in [0, 0.1) is 0 Å². The molecule has 4 heteroatoms. The minimum atomic E-state index is -0.483. The van der Waals surface area contributed by atoms with Crippen LogP contribution in [0.5, 0.6) is 0 Å². The van der Waals surface area contributed by atoms with Crippen LogP contribution >= 0.6 is 15.9 Å². The van der Waals surface area contributed by atoms with Gasteiger partial charge in [-0.25, -0.2) is 0 Å². The van der Waals surface area contributed by atoms with Gasteiger partial charge < -0.3 is 15.1 Å². The summed E-state index contributed by atoms with van der Waals surface area (Å²) in [6.45, 7) is 6.66. The van der Waals surface area contributed by atoms with Gasteiger partial charge in [0.25, 0.3) is 0 Å². The molecule has 0 aromatic heterocycles. The molecule has 1 aromatic carbocycles. The van der Waals surface area contributed by atoms with Crippen molar-refractivity contribution in [1.29, 1.82) is 0 Å². The van der Waals surface area contributed by atoms with Crippen molar-refractivity contribution < 1.29 is 10.2 Å². The molecule has 0 fully saturated rings. The van der Waals surface area contributed by atoms with Gasteiger partial charge >= 0.3 is 0 Å². The van der Waals surface area contributed by atoms with E-state index in [0.717, 1.165) is 15.7 Å². The number of nitrogens with zero attached hydrogens (tertiary/aromatic N) is 1. The molecule has 0 heterocycles. The van der Waals surface area contributed by atoms with E-state index in [2.05, 4.69) is 34.7 Å². The normalized spacial score (nSPS) is 12.9. The van der Waals surface area contributed by atoms with Crippen molar-refractivity contribution >= 4 is 21.6 Å². The van der Waals surface area contributed by atoms with E-state index in [1.807, 2.05) is 18.2 Å². The molecule has 1 aromatic rings. The predicted molar refractivity (Wildman–Crippen MR) is 74.3 cm³/mol. The van der Waals surface area contributed by atoms with Gasteiger partial charge in [0.1, 0.15) is 0 Å². The van der Waals surface area contributed by atoms with Gasteiger partial charge in [0.05, 0.1) is 12.7 Å². The number of aliphatic hydroxyl groups excluding tert-OH is 2. The minimum Gasteiger partial charge on any atom is -0.395 e. The molecule has 0 spiro atoms. The molecular weight excluding hydrogens is 282 g/mol. The second-order valence-electron chi connectivity index (χ2n) is 4.39. The fourth-order valence-corrected chi connectivity index (χ4v) is 2.52. The fourth-order valence-electron chi connectivity index (χ4n) is 1.83. The molecule has 0 aliphatic heterocycles. The third-order valence-corrected chi connectivity index (χ3v) is 3.42. The number of hydrogen-bond donors (Lipinski definition) is 2. The van der Waals surface area contributed by atoms with Crippen molar-refractivity contribution in [2.24, 2.45) is 0 Å². The molecule has 1 atom stereocenters. The molecule has 0 unspecified atom stereocenters. The first-order chi connectivity index (χ1) is 7.97. The molecule has 17 heavy (non-hydrogen) atoms. The zero-order chi connectivity index (χ0) is 13.0. The molecular formula is C13H20BrNO2. The first kappa shape index (κ1) is 14.5. The van der Waals surface area contributed by atoms with Gasteiger partial charge in [0.15, 0.2) is 0 Å². The summed E-state index contributed by atoms with van der Waals surface area (Å²) in [5.74, 6) is 0. The van der Waals surface area contributed by atoms with Crippen LogP contribution in [0.25, 0.3) is 0 Å². The SMILES string of the molecule is CC(C)N(CCO)c1ccc([C@@H](C)O)c(Br)c1. The van der Waals surface area contributed by atoms with Crippen LogP contribution in [0.1, 0.15) is 32.4 Å². The largest absolute Gasteiger partial charge is 0.395 e. The van der Waals surface area contributed by atoms with Gasteiger partial charge in [-0.3, -0.25) is 0 Å². The summed E-state index contributed by atoms with van der Waals surface area (Å²) >= 11 is 3.47. The maximum atomic E-state index is 9.56. The lowest BCUT2D eigenvalue weighted by molar-refractivity contribution is 0.198. The van der Waals surface area contributed by atoms with Crippen molar-refractivity contribution in [3.8, 4) is 0 Å². The van der Waals surface area contributed by atoms with Crippen molar-refractivity contribution in [1.82, 2.24) is 0 Å². The molecule has 0 saturated heterocycles. The van der Waals surface area contributed by atoms with Crippen LogP contribution in [0.2, 0.25) is 0 Å². The van der Waals surface area contributed by atoms with E-state index in [9.17, 15) is 5.11 Å². The van der Waals surface area contributed by atoms with Crippen molar-refractivity contribution in [2.75, 3.05) is 18.1 Å². The maximum absolute atomic E-state index is 9.56. The number of aliphatic hydroxyl groups is 2. The molecule has 0 bridgehead atoms. The highest BCUT2D eigenvalue weighted by atomic mass is 79.9. The highest BCUT2D eigenvalue weighted by Crippen LogP contribution is 2.28. The van der Waals surface area contributed by atoms with Crippen LogP contribution in [0.4, 0.5) is 5.69 Å². The van der Waals surface area contributed by atoms with E-state index in [4.69, 9.17) is 5.11 Å². The predicted octanol–water partition coefficient (Wildman–Crippen LogP) is 2.71. The Hall–Kier alpha value is -0.580. The third-order valence-electron chi connectivity index (χ3n) is 2.73. The van der Waals surface area contributed by atoms with E-state index in [0.29, 0.717) is 12.6 Å². The molecule has 0 radical (unpaired) electrons. The van der Waals surface area contributed by atoms with Crippen molar-refractivity contribution in [2.45, 2.75) is 32.9 Å². The van der Waals surface area contributed by atoms with Crippen LogP contribution in [0.15, 0.2) is 22.7 Å². The average molecular weight is 302 g/mol. The summed E-state index contributed by atoms with van der Waals surface area (Å²) in [4.78, 5) is 2.12. The molecule has 0 amide bonds. The topological polar surface area (TPSA) is 43.7 Å². The lowest BCUT2D eigenvalue weighted by Gasteiger charge is -2.29. The molecule has 0 aliphatic rings. The zero-order valence-electron chi connectivity index (χ0n) is 10.5. The lowest BCUT2D eigenvalue weighted by Crippen LogP contribution is -2.33. The van der Waals surface area contributed by atoms with Gasteiger partial charge in [0.2, 0.25) is 0 Å². The summed E-state index contributed by atoms with van der Waals surface area (Å²) in [7, 11) is 0. The lowest BCUT2D eigenvalue weighted by atomic mass is 10.1. The molecule has 0 aliphatic carbocycles. The van der Waals surface area contributed by atoms with Crippen molar-refractivity contribution in [3.63, 3.8) is 0 Å². The summed E-state index contributed by atoms with van der Waals surface area (Å²) in [6, 6.07) is 6.20. The number of hydrogen-bond acceptors (Lipinski definition) is 3. The summed E-state index contributed by atoms with van der Waals surface area (Å²) in [5, 5.41) is 18.6. The Bertz CT molecular complexity index is 366. The molecule has 2 N–H and O–H groups in total. The Morgan fingerprint density at radius 3 is 2.35 bits per heavy atom. The minimum absolute atomic E-state index is 0.133. The highest BCUT2D eigenvalue weighted by molar-refractivity contribution is 9.10. The number of benzene rings is 1. The Balaban J connectivity index is 3.02. The number of halogens is 1. The zero-order valence-corrected chi connectivity index (χ0v) is 12.1. The van der Waals surface area contributed by atoms with E-state index in [-0.39, 0.29) is 6.61 Å². The average Bonchev–Trinajstić information content (AvgIpc) is 2.24. The van der Waals surface area contributed by atoms with E-state index in [1.54, 1.807) is 6.92 Å². The third kappa shape index (κ3) is 3.69. The first-order valence-corrected chi connectivity index (χ1v) is 6.61. The summed E-state index contributed by atoms with van der Waals surface area (Å²) in [5.41, 5.74) is 1.92. The van der Waals surface area contributed by atoms with Crippen molar-refractivity contribution in [3.05, 3.63) is 28.2 Å². The van der Waals surface area contributed by atoms with E-state index in [1.165, 1.54) is 0 Å². The fraction of sp³-hybridized carbons (Fsp3) is 0.538. The molecule has 96 valence electrons. The quantitative estimate of drug-likeness (QED) is 0.879. The molecule has 0 saturated carbocycles. The van der Waals surface area contributed by atoms with Gasteiger partial charge in [0, 0.05) is 22.7 Å². The Labute approximate surface area is 111 Å². The van der Waals surface area contributed by atoms with Crippen LogP contribution in [0.3, 0.4) is 0 Å². The van der Waals surface area contributed by atoms with Crippen LogP contribution in [-0.2, 0) is 0 Å². The van der Waals surface area contributed by atoms with E-state index < -0.39 is 6.10 Å². The van der Waals surface area contributed by atoms with Gasteiger partial charge in [-0.1, -0.05) is 22.0 Å². The number of rotatable bonds is 5. The van der Waals surface area contributed by atoms with Crippen LogP contribution in [-0.4, -0.2) is 29.4 Å². The number of anilines is 1. The second kappa shape index (κ2) is 6.38. The highest BCUT2D eigenvalue weighted by Gasteiger charge is 2.13. The van der Waals surface area contributed by atoms with Gasteiger partial charge in [-0.15, -0.1) is 0 Å². The standard InChI is InChI=1S/C13H20BrNO2/c1-9(2)15(6-7-16)11-4-5-12(10(3)17)13(14)8-11/h4-5,8-10,16-17H,6-7H2,1-3H3/t10-/m1/s1. The monoisotopic (exact) mass is 301 g/mol. The van der Waals surface area contributed by atoms with Gasteiger partial charge in [-0.2, -0.15) is 0 Å². The Morgan fingerprint density at radius 1 is 1.29 bits per heavy atom. The first-order valence-electron chi connectivity index (χ1n) is 5.82. The second-order valence-corrected chi connectivity index (χ2v) is 5.25.